The average Bonchev–Trinajstić information content (AvgIpc) is 2.27. The molecule has 7 nitrogen and oxygen atoms in total. The quantitative estimate of drug-likeness (QED) is 0.348. The van der Waals surface area contributed by atoms with Crippen molar-refractivity contribution in [1.82, 2.24) is 0 Å². The molecule has 0 fully saturated rings. The van der Waals surface area contributed by atoms with Gasteiger partial charge in [0.25, 0.3) is 0 Å². The number of nitrogen functional groups attached to an aromatic ring is 1. The molecule has 0 aliphatic rings. The summed E-state index contributed by atoms with van der Waals surface area (Å²) in [4.78, 5) is 10.5. The number of rotatable bonds is 5. The Labute approximate surface area is 98.7 Å². The molecule has 0 spiro atoms. The molecule has 94 valence electrons. The number of aliphatic hydroxyl groups excluding tert-OH is 1. The van der Waals surface area contributed by atoms with Crippen molar-refractivity contribution in [3.63, 3.8) is 0 Å². The largest absolute Gasteiger partial charge is 0.394 e. The normalized spacial score (nSPS) is 11.1. The van der Waals surface area contributed by atoms with Crippen molar-refractivity contribution in [3.05, 3.63) is 28.3 Å². The van der Waals surface area contributed by atoms with Crippen molar-refractivity contribution in [2.45, 2.75) is 19.4 Å². The average molecular weight is 240 g/mol. The van der Waals surface area contributed by atoms with Crippen LogP contribution >= 0.6 is 0 Å². The summed E-state index contributed by atoms with van der Waals surface area (Å²) in [6.07, 6.45) is 0. The fourth-order valence-corrected chi connectivity index (χ4v) is 1.36. The molecule has 1 aromatic carbocycles. The molecule has 0 unspecified atom stereocenters. The first kappa shape index (κ1) is 13.2. The van der Waals surface area contributed by atoms with Gasteiger partial charge in [-0.2, -0.15) is 0 Å². The summed E-state index contributed by atoms with van der Waals surface area (Å²) in [6.45, 7) is 3.32. The Hall–Kier alpha value is -1.86. The molecule has 0 saturated heterocycles. The van der Waals surface area contributed by atoms with E-state index in [1.165, 1.54) is 6.07 Å². The van der Waals surface area contributed by atoms with E-state index in [0.717, 1.165) is 0 Å². The van der Waals surface area contributed by atoms with Gasteiger partial charge < -0.3 is 15.8 Å². The Morgan fingerprint density at radius 1 is 1.47 bits per heavy atom. The fourth-order valence-electron chi connectivity index (χ4n) is 1.36. The lowest BCUT2D eigenvalue weighted by Gasteiger charge is -2.25. The third-order valence-electron chi connectivity index (χ3n) is 2.24. The van der Waals surface area contributed by atoms with Crippen LogP contribution < -0.4 is 16.6 Å². The lowest BCUT2D eigenvalue weighted by atomic mass is 10.1. The molecule has 0 amide bonds. The molecule has 7 heteroatoms. The first-order valence-electron chi connectivity index (χ1n) is 5.04. The van der Waals surface area contributed by atoms with Gasteiger partial charge in [-0.15, -0.1) is 0 Å². The van der Waals surface area contributed by atoms with Crippen molar-refractivity contribution in [1.29, 1.82) is 0 Å². The summed E-state index contributed by atoms with van der Waals surface area (Å²) in [7, 11) is 0. The number of anilines is 2. The zero-order valence-electron chi connectivity index (χ0n) is 9.73. The van der Waals surface area contributed by atoms with Gasteiger partial charge in [0.1, 0.15) is 11.4 Å². The van der Waals surface area contributed by atoms with E-state index < -0.39 is 10.5 Å². The molecule has 0 radical (unpaired) electrons. The summed E-state index contributed by atoms with van der Waals surface area (Å²) in [5.74, 6) is 5.22. The van der Waals surface area contributed by atoms with Gasteiger partial charge in [-0.3, -0.25) is 16.0 Å². The van der Waals surface area contributed by atoms with Crippen LogP contribution in [0.4, 0.5) is 17.1 Å². The second kappa shape index (κ2) is 4.98. The van der Waals surface area contributed by atoms with Gasteiger partial charge in [0.05, 0.1) is 17.1 Å². The predicted molar refractivity (Wildman–Crippen MR) is 65.7 cm³/mol. The van der Waals surface area contributed by atoms with E-state index in [2.05, 4.69) is 10.7 Å². The van der Waals surface area contributed by atoms with Crippen LogP contribution in [0.25, 0.3) is 0 Å². The smallest absolute Gasteiger partial charge is 0.316 e. The molecular weight excluding hydrogens is 224 g/mol. The van der Waals surface area contributed by atoms with E-state index in [9.17, 15) is 10.1 Å². The molecule has 0 saturated carbocycles. The van der Waals surface area contributed by atoms with Crippen LogP contribution in [-0.4, -0.2) is 22.2 Å². The molecule has 0 bridgehead atoms. The highest BCUT2D eigenvalue weighted by Crippen LogP contribution is 2.33. The Morgan fingerprint density at radius 2 is 2.06 bits per heavy atom. The number of nitrogens with zero attached hydrogens (tertiary/aromatic N) is 1. The number of nitro groups is 1. The molecule has 1 aromatic rings. The van der Waals surface area contributed by atoms with Crippen molar-refractivity contribution in [2.24, 2.45) is 5.84 Å². The summed E-state index contributed by atoms with van der Waals surface area (Å²) < 4.78 is 0. The molecule has 0 aliphatic heterocycles. The second-order valence-electron chi connectivity index (χ2n) is 4.27. The predicted octanol–water partition coefficient (Wildman–Crippen LogP) is 1.06. The first-order valence-corrected chi connectivity index (χ1v) is 5.04. The highest BCUT2D eigenvalue weighted by molar-refractivity contribution is 5.76. The number of nitrogens with one attached hydrogen (secondary N) is 2. The lowest BCUT2D eigenvalue weighted by molar-refractivity contribution is -0.383. The fraction of sp³-hybridized carbons (Fsp3) is 0.400. The monoisotopic (exact) mass is 240 g/mol. The maximum atomic E-state index is 11.0. The minimum atomic E-state index is -0.655. The van der Waals surface area contributed by atoms with Gasteiger partial charge in [0, 0.05) is 0 Å². The summed E-state index contributed by atoms with van der Waals surface area (Å²) in [5, 5.41) is 23.0. The number of aliphatic hydroxyl groups is 1. The van der Waals surface area contributed by atoms with E-state index >= 15 is 0 Å². The molecule has 17 heavy (non-hydrogen) atoms. The first-order chi connectivity index (χ1) is 7.91. The number of hydrogen-bond donors (Lipinski definition) is 4. The van der Waals surface area contributed by atoms with Crippen molar-refractivity contribution >= 4 is 17.1 Å². The Balaban J connectivity index is 3.19. The van der Waals surface area contributed by atoms with Crippen LogP contribution in [0, 0.1) is 10.1 Å². The van der Waals surface area contributed by atoms with Gasteiger partial charge in [-0.25, -0.2) is 0 Å². The molecule has 0 heterocycles. The second-order valence-corrected chi connectivity index (χ2v) is 4.27. The molecule has 5 N–H and O–H groups in total. The van der Waals surface area contributed by atoms with Gasteiger partial charge >= 0.3 is 5.69 Å². The molecule has 0 aliphatic carbocycles. The van der Waals surface area contributed by atoms with E-state index in [1.807, 2.05) is 0 Å². The number of hydrazine groups is 1. The van der Waals surface area contributed by atoms with E-state index in [-0.39, 0.29) is 18.0 Å². The number of para-hydroxylation sites is 1. The van der Waals surface area contributed by atoms with Crippen LogP contribution in [0.2, 0.25) is 0 Å². The van der Waals surface area contributed by atoms with Gasteiger partial charge in [0.15, 0.2) is 0 Å². The van der Waals surface area contributed by atoms with Crippen molar-refractivity contribution in [2.75, 3.05) is 17.3 Å². The standard InChI is InChI=1S/C10H16N4O3/c1-10(2,6-15)12-7-4-3-5-8(13-11)9(7)14(16)17/h3-5,12-13,15H,6,11H2,1-2H3. The third kappa shape index (κ3) is 3.05. The van der Waals surface area contributed by atoms with Crippen molar-refractivity contribution < 1.29 is 10.0 Å². The number of hydrogen-bond acceptors (Lipinski definition) is 6. The number of nitrogens with two attached hydrogens (primary N) is 1. The van der Waals surface area contributed by atoms with E-state index in [0.29, 0.717) is 5.69 Å². The minimum Gasteiger partial charge on any atom is -0.394 e. The third-order valence-corrected chi connectivity index (χ3v) is 2.24. The zero-order chi connectivity index (χ0) is 13.1. The Morgan fingerprint density at radius 3 is 2.53 bits per heavy atom. The van der Waals surface area contributed by atoms with E-state index in [4.69, 9.17) is 10.9 Å². The Kier molecular flexibility index (Phi) is 3.87. The number of nitro benzene ring substituents is 1. The van der Waals surface area contributed by atoms with Crippen LogP contribution in [0.1, 0.15) is 13.8 Å². The van der Waals surface area contributed by atoms with Gasteiger partial charge in [-0.05, 0) is 26.0 Å². The van der Waals surface area contributed by atoms with Gasteiger partial charge in [-0.1, -0.05) is 6.07 Å². The highest BCUT2D eigenvalue weighted by Gasteiger charge is 2.24. The van der Waals surface area contributed by atoms with Crippen LogP contribution in [0.5, 0.6) is 0 Å². The van der Waals surface area contributed by atoms with Crippen LogP contribution in [-0.2, 0) is 0 Å². The minimum absolute atomic E-state index is 0.142. The zero-order valence-corrected chi connectivity index (χ0v) is 9.73. The van der Waals surface area contributed by atoms with Gasteiger partial charge in [0.2, 0.25) is 0 Å². The molecule has 1 rings (SSSR count). The SMILES string of the molecule is CC(C)(CO)Nc1cccc(NN)c1[N+](=O)[O-]. The van der Waals surface area contributed by atoms with Crippen LogP contribution in [0.15, 0.2) is 18.2 Å². The molecular formula is C10H16N4O3. The highest BCUT2D eigenvalue weighted by atomic mass is 16.6. The summed E-state index contributed by atoms with van der Waals surface area (Å²) in [6, 6.07) is 4.71. The van der Waals surface area contributed by atoms with Crippen LogP contribution in [0.3, 0.4) is 0 Å². The number of benzene rings is 1. The molecule has 0 aromatic heterocycles. The maximum Gasteiger partial charge on any atom is 0.316 e. The van der Waals surface area contributed by atoms with Crippen molar-refractivity contribution in [3.8, 4) is 0 Å². The summed E-state index contributed by atoms with van der Waals surface area (Å²) >= 11 is 0. The summed E-state index contributed by atoms with van der Waals surface area (Å²) in [5.41, 5.74) is 2.01. The maximum absolute atomic E-state index is 11.0. The Bertz CT molecular complexity index is 420. The topological polar surface area (TPSA) is 113 Å². The lowest BCUT2D eigenvalue weighted by Crippen LogP contribution is -2.35. The molecule has 0 atom stereocenters. The van der Waals surface area contributed by atoms with E-state index in [1.54, 1.807) is 26.0 Å².